The van der Waals surface area contributed by atoms with Crippen molar-refractivity contribution < 1.29 is 32.6 Å². The molecule has 2 aliphatic rings. The molecule has 2 fully saturated rings. The van der Waals surface area contributed by atoms with Crippen LogP contribution >= 0.6 is 0 Å². The minimum atomic E-state index is -3.80. The fourth-order valence-corrected chi connectivity index (χ4v) is 6.35. The van der Waals surface area contributed by atoms with Crippen LogP contribution in [-0.4, -0.2) is 92.8 Å². The Hall–Kier alpha value is -4.03. The highest BCUT2D eigenvalue weighted by Gasteiger charge is 2.46. The van der Waals surface area contributed by atoms with Crippen molar-refractivity contribution in [3.63, 3.8) is 0 Å². The highest BCUT2D eigenvalue weighted by Crippen LogP contribution is 2.40. The Kier molecular flexibility index (Phi) is 9.80. The van der Waals surface area contributed by atoms with Crippen molar-refractivity contribution in [3.8, 4) is 5.75 Å². The van der Waals surface area contributed by atoms with Crippen LogP contribution in [0.3, 0.4) is 0 Å². The molecule has 1 unspecified atom stereocenters. The molecule has 3 aromatic rings. The van der Waals surface area contributed by atoms with Gasteiger partial charge in [0.2, 0.25) is 10.0 Å². The van der Waals surface area contributed by atoms with E-state index in [4.69, 9.17) is 9.47 Å². The second kappa shape index (κ2) is 13.7. The van der Waals surface area contributed by atoms with Crippen molar-refractivity contribution in [2.24, 2.45) is 0 Å². The van der Waals surface area contributed by atoms with Crippen molar-refractivity contribution in [1.29, 1.82) is 0 Å². The van der Waals surface area contributed by atoms with Crippen LogP contribution in [0.2, 0.25) is 0 Å². The van der Waals surface area contributed by atoms with E-state index in [2.05, 4.69) is 4.90 Å². The number of hydrogen-bond acceptors (Lipinski definition) is 8. The molecule has 44 heavy (non-hydrogen) atoms. The van der Waals surface area contributed by atoms with Crippen LogP contribution in [0.1, 0.15) is 29.2 Å². The van der Waals surface area contributed by atoms with Crippen molar-refractivity contribution in [3.05, 3.63) is 101 Å². The normalized spacial score (nSPS) is 19.1. The number of Topliss-reactive ketones (excluding diaryl/α,β-unsaturated/α-hetero) is 1. The Morgan fingerprint density at radius 1 is 0.955 bits per heavy atom. The molecule has 0 bridgehead atoms. The van der Waals surface area contributed by atoms with Crippen LogP contribution in [0.25, 0.3) is 5.76 Å². The quantitative estimate of drug-likeness (QED) is 0.196. The first-order valence-corrected chi connectivity index (χ1v) is 16.0. The van der Waals surface area contributed by atoms with Gasteiger partial charge in [0.05, 0.1) is 29.7 Å². The Balaban J connectivity index is 1.47. The van der Waals surface area contributed by atoms with Crippen molar-refractivity contribution >= 4 is 27.5 Å². The van der Waals surface area contributed by atoms with Crippen molar-refractivity contribution in [2.45, 2.75) is 24.0 Å². The topological polar surface area (TPSA) is 117 Å². The van der Waals surface area contributed by atoms with Gasteiger partial charge in [-0.2, -0.15) is 0 Å². The Morgan fingerprint density at radius 2 is 1.66 bits per heavy atom. The lowest BCUT2D eigenvalue weighted by atomic mass is 9.95. The van der Waals surface area contributed by atoms with Gasteiger partial charge in [-0.05, 0) is 41.8 Å². The molecule has 0 aromatic heterocycles. The lowest BCUT2D eigenvalue weighted by Crippen LogP contribution is -2.38. The van der Waals surface area contributed by atoms with Crippen LogP contribution < -0.4 is 4.74 Å². The average molecular weight is 620 g/mol. The summed E-state index contributed by atoms with van der Waals surface area (Å²) in [5.74, 6) is -1.34. The zero-order valence-corrected chi connectivity index (χ0v) is 25.7. The molecule has 2 aliphatic heterocycles. The number of carbonyl (C=O) groups excluding carboxylic acids is 2. The molecule has 0 aliphatic carbocycles. The Bertz CT molecular complexity index is 1620. The van der Waals surface area contributed by atoms with Crippen molar-refractivity contribution in [1.82, 2.24) is 14.1 Å². The number of rotatable bonds is 11. The number of sulfonamides is 1. The lowest BCUT2D eigenvalue weighted by molar-refractivity contribution is -0.140. The minimum Gasteiger partial charge on any atom is -0.507 e. The van der Waals surface area contributed by atoms with E-state index >= 15 is 0 Å². The largest absolute Gasteiger partial charge is 0.507 e. The molecule has 3 aromatic carbocycles. The number of morpholine rings is 1. The molecule has 1 amide bonds. The molecule has 11 heteroatoms. The van der Waals surface area contributed by atoms with E-state index < -0.39 is 33.5 Å². The number of hydrogen-bond donors (Lipinski definition) is 1. The summed E-state index contributed by atoms with van der Waals surface area (Å²) in [6.07, 6.45) is 0.623. The molecule has 0 radical (unpaired) electrons. The SMILES string of the molecule is CN(C)S(=O)(=O)c1cccc(/C(O)=C2/C(=O)C(=O)N(CCCN3CCOCC3)C2c2ccc(OCc3ccccc3)cc2)c1. The molecule has 0 spiro atoms. The number of ether oxygens (including phenoxy) is 2. The number of aliphatic hydroxyl groups excluding tert-OH is 1. The second-order valence-corrected chi connectivity index (χ2v) is 13.1. The molecule has 1 atom stereocenters. The molecule has 0 saturated carbocycles. The highest BCUT2D eigenvalue weighted by atomic mass is 32.2. The zero-order valence-electron chi connectivity index (χ0n) is 24.9. The van der Waals surface area contributed by atoms with Gasteiger partial charge in [0.15, 0.2) is 0 Å². The first-order chi connectivity index (χ1) is 21.2. The monoisotopic (exact) mass is 619 g/mol. The average Bonchev–Trinajstić information content (AvgIpc) is 3.29. The van der Waals surface area contributed by atoms with Gasteiger partial charge in [-0.3, -0.25) is 14.5 Å². The summed E-state index contributed by atoms with van der Waals surface area (Å²) < 4.78 is 38.0. The number of benzene rings is 3. The molecular weight excluding hydrogens is 582 g/mol. The molecular formula is C33H37N3O7S. The summed E-state index contributed by atoms with van der Waals surface area (Å²) in [5.41, 5.74) is 1.69. The molecule has 5 rings (SSSR count). The summed E-state index contributed by atoms with van der Waals surface area (Å²) in [6, 6.07) is 21.8. The van der Waals surface area contributed by atoms with Crippen LogP contribution in [-0.2, 0) is 31.0 Å². The Labute approximate surface area is 258 Å². The maximum Gasteiger partial charge on any atom is 0.295 e. The summed E-state index contributed by atoms with van der Waals surface area (Å²) in [5, 5.41) is 11.5. The maximum absolute atomic E-state index is 13.5. The van der Waals surface area contributed by atoms with Gasteiger partial charge in [-0.15, -0.1) is 0 Å². The van der Waals surface area contributed by atoms with Gasteiger partial charge >= 0.3 is 0 Å². The van der Waals surface area contributed by atoms with E-state index in [-0.39, 0.29) is 16.0 Å². The van der Waals surface area contributed by atoms with E-state index in [1.54, 1.807) is 24.3 Å². The number of aliphatic hydroxyl groups is 1. The van der Waals surface area contributed by atoms with Gasteiger partial charge < -0.3 is 19.5 Å². The third-order valence-electron chi connectivity index (χ3n) is 7.85. The van der Waals surface area contributed by atoms with E-state index in [1.165, 1.54) is 43.3 Å². The molecule has 1 N–H and O–H groups in total. The van der Waals surface area contributed by atoms with Gasteiger partial charge in [0, 0.05) is 45.8 Å². The fraction of sp³-hybridized carbons (Fsp3) is 0.333. The molecule has 2 saturated heterocycles. The van der Waals surface area contributed by atoms with Gasteiger partial charge in [0.25, 0.3) is 11.7 Å². The zero-order chi connectivity index (χ0) is 31.3. The molecule has 232 valence electrons. The third-order valence-corrected chi connectivity index (χ3v) is 9.66. The number of ketones is 1. The fourth-order valence-electron chi connectivity index (χ4n) is 5.40. The van der Waals surface area contributed by atoms with Crippen LogP contribution in [0, 0.1) is 0 Å². The highest BCUT2D eigenvalue weighted by molar-refractivity contribution is 7.89. The number of likely N-dealkylation sites (tertiary alicyclic amines) is 1. The maximum atomic E-state index is 13.5. The summed E-state index contributed by atoms with van der Waals surface area (Å²) in [7, 11) is -0.972. The van der Waals surface area contributed by atoms with Gasteiger partial charge in [-0.25, -0.2) is 12.7 Å². The molecule has 10 nitrogen and oxygen atoms in total. The summed E-state index contributed by atoms with van der Waals surface area (Å²) >= 11 is 0. The van der Waals surface area contributed by atoms with E-state index in [9.17, 15) is 23.1 Å². The summed E-state index contributed by atoms with van der Waals surface area (Å²) in [6.45, 7) is 4.34. The van der Waals surface area contributed by atoms with Crippen LogP contribution in [0.4, 0.5) is 0 Å². The molecule has 2 heterocycles. The lowest BCUT2D eigenvalue weighted by Gasteiger charge is -2.29. The number of amides is 1. The number of carbonyl (C=O) groups is 2. The predicted molar refractivity (Wildman–Crippen MR) is 165 cm³/mol. The smallest absolute Gasteiger partial charge is 0.295 e. The minimum absolute atomic E-state index is 0.0391. The first kappa shape index (κ1) is 31.4. The van der Waals surface area contributed by atoms with Gasteiger partial charge in [0.1, 0.15) is 18.1 Å². The van der Waals surface area contributed by atoms with E-state index in [1.807, 2.05) is 30.3 Å². The van der Waals surface area contributed by atoms with Gasteiger partial charge in [-0.1, -0.05) is 54.6 Å². The predicted octanol–water partition coefficient (Wildman–Crippen LogP) is 3.66. The van der Waals surface area contributed by atoms with Crippen molar-refractivity contribution in [2.75, 3.05) is 53.5 Å². The van der Waals surface area contributed by atoms with Crippen LogP contribution in [0.5, 0.6) is 5.75 Å². The second-order valence-electron chi connectivity index (χ2n) is 11.0. The third kappa shape index (κ3) is 6.86. The van der Waals surface area contributed by atoms with Crippen LogP contribution in [0.15, 0.2) is 89.3 Å². The first-order valence-electron chi connectivity index (χ1n) is 14.5. The van der Waals surface area contributed by atoms with E-state index in [0.717, 1.165) is 29.5 Å². The summed E-state index contributed by atoms with van der Waals surface area (Å²) in [4.78, 5) is 30.6. The number of nitrogens with zero attached hydrogens (tertiary/aromatic N) is 3. The van der Waals surface area contributed by atoms with E-state index in [0.29, 0.717) is 44.1 Å². The standard InChI is InChI=1S/C33H37N3O7S/c1-34(2)44(40,41)28-11-6-10-26(22-28)31(37)29-30(25-12-14-27(15-13-25)43-23-24-8-4-3-5-9-24)36(33(39)32(29)38)17-7-16-35-18-20-42-21-19-35/h3-6,8-15,22,30,37H,7,16-21,23H2,1-2H3/b31-29-. The Morgan fingerprint density at radius 3 is 2.34 bits per heavy atom.